The average Bonchev–Trinajstić information content (AvgIpc) is 2.93. The first kappa shape index (κ1) is 17.1. The van der Waals surface area contributed by atoms with Gasteiger partial charge >= 0.3 is 0 Å². The summed E-state index contributed by atoms with van der Waals surface area (Å²) >= 11 is 0. The summed E-state index contributed by atoms with van der Waals surface area (Å²) in [5.74, 6) is 0.680. The number of aromatic amines is 1. The van der Waals surface area contributed by atoms with Crippen LogP contribution in [-0.4, -0.2) is 49.0 Å². The Balaban J connectivity index is 3.08. The van der Waals surface area contributed by atoms with Crippen molar-refractivity contribution in [3.63, 3.8) is 0 Å². The molecule has 1 heterocycles. The van der Waals surface area contributed by atoms with Gasteiger partial charge in [0.25, 0.3) is 10.0 Å². The van der Waals surface area contributed by atoms with Crippen LogP contribution in [0.4, 0.5) is 0 Å². The quantitative estimate of drug-likeness (QED) is 0.755. The zero-order valence-corrected chi connectivity index (χ0v) is 13.5. The van der Waals surface area contributed by atoms with Crippen LogP contribution >= 0.6 is 0 Å². The molecule has 0 radical (unpaired) electrons. The number of nitrogens with one attached hydrogen (secondary N) is 1. The molecule has 1 aromatic rings. The van der Waals surface area contributed by atoms with Crippen LogP contribution in [0.1, 0.15) is 39.4 Å². The standard InChI is InChI=1S/C13H25N3O3S/c1-5-11(6-2)16(8-9-19-4)20(17,18)13-10-14-12(7-3)15-13/h10-11H,5-9H2,1-4H3,(H,14,15). The molecule has 0 aromatic carbocycles. The minimum atomic E-state index is -3.55. The van der Waals surface area contributed by atoms with Crippen molar-refractivity contribution in [3.05, 3.63) is 12.0 Å². The Labute approximate surface area is 121 Å². The molecule has 6 nitrogen and oxygen atoms in total. The highest BCUT2D eigenvalue weighted by Gasteiger charge is 2.30. The molecule has 1 aromatic heterocycles. The number of methoxy groups -OCH3 is 1. The summed E-state index contributed by atoms with van der Waals surface area (Å²) < 4.78 is 32.0. The van der Waals surface area contributed by atoms with E-state index < -0.39 is 10.0 Å². The molecule has 116 valence electrons. The van der Waals surface area contributed by atoms with Crippen LogP contribution in [0.25, 0.3) is 0 Å². The van der Waals surface area contributed by atoms with Crippen molar-refractivity contribution in [2.75, 3.05) is 20.3 Å². The van der Waals surface area contributed by atoms with Crippen LogP contribution in [0.5, 0.6) is 0 Å². The highest BCUT2D eigenvalue weighted by molar-refractivity contribution is 7.89. The fourth-order valence-electron chi connectivity index (χ4n) is 2.16. The third-order valence-electron chi connectivity index (χ3n) is 3.39. The number of hydrogen-bond donors (Lipinski definition) is 1. The van der Waals surface area contributed by atoms with Crippen molar-refractivity contribution in [1.82, 2.24) is 14.3 Å². The maximum absolute atomic E-state index is 12.7. The third-order valence-corrected chi connectivity index (χ3v) is 5.25. The Bertz CT molecular complexity index is 495. The molecule has 0 unspecified atom stereocenters. The number of nitrogens with zero attached hydrogens (tertiary/aromatic N) is 2. The largest absolute Gasteiger partial charge is 0.383 e. The van der Waals surface area contributed by atoms with Crippen LogP contribution in [0, 0.1) is 0 Å². The zero-order valence-electron chi connectivity index (χ0n) is 12.7. The number of imidazole rings is 1. The van der Waals surface area contributed by atoms with E-state index in [1.54, 1.807) is 7.11 Å². The van der Waals surface area contributed by atoms with Gasteiger partial charge in [-0.1, -0.05) is 20.8 Å². The number of H-pyrrole nitrogens is 1. The Morgan fingerprint density at radius 2 is 2.00 bits per heavy atom. The molecule has 0 aliphatic rings. The minimum absolute atomic E-state index is 0.0245. The molecular weight excluding hydrogens is 278 g/mol. The predicted octanol–water partition coefficient (Wildman–Crippen LogP) is 1.80. The lowest BCUT2D eigenvalue weighted by Crippen LogP contribution is -2.41. The molecule has 0 saturated heterocycles. The van der Waals surface area contributed by atoms with Gasteiger partial charge in [-0.3, -0.25) is 0 Å². The normalized spacial score (nSPS) is 12.5. The molecular formula is C13H25N3O3S. The Morgan fingerprint density at radius 3 is 2.45 bits per heavy atom. The third kappa shape index (κ3) is 3.80. The van der Waals surface area contributed by atoms with E-state index in [1.165, 1.54) is 10.5 Å². The second-order valence-electron chi connectivity index (χ2n) is 4.63. The lowest BCUT2D eigenvalue weighted by molar-refractivity contribution is 0.163. The summed E-state index contributed by atoms with van der Waals surface area (Å²) in [5.41, 5.74) is 0. The van der Waals surface area contributed by atoms with Gasteiger partial charge in [0, 0.05) is 26.1 Å². The van der Waals surface area contributed by atoms with Gasteiger partial charge in [0.15, 0.2) is 5.03 Å². The summed E-state index contributed by atoms with van der Waals surface area (Å²) in [5, 5.41) is 0.164. The molecule has 1 N–H and O–H groups in total. The summed E-state index contributed by atoms with van der Waals surface area (Å²) in [6.07, 6.45) is 3.62. The lowest BCUT2D eigenvalue weighted by Gasteiger charge is -2.28. The van der Waals surface area contributed by atoms with Crippen LogP contribution in [0.2, 0.25) is 0 Å². The first-order valence-corrected chi connectivity index (χ1v) is 8.49. The van der Waals surface area contributed by atoms with E-state index in [9.17, 15) is 8.42 Å². The Hall–Kier alpha value is -0.920. The van der Waals surface area contributed by atoms with Crippen molar-refractivity contribution < 1.29 is 13.2 Å². The van der Waals surface area contributed by atoms with Crippen LogP contribution in [0.3, 0.4) is 0 Å². The number of aromatic nitrogens is 2. The van der Waals surface area contributed by atoms with Crippen molar-refractivity contribution >= 4 is 10.0 Å². The first-order valence-electron chi connectivity index (χ1n) is 7.05. The van der Waals surface area contributed by atoms with E-state index in [0.717, 1.165) is 12.8 Å². The summed E-state index contributed by atoms with van der Waals surface area (Å²) in [4.78, 5) is 6.96. The van der Waals surface area contributed by atoms with Gasteiger partial charge in [0.05, 0.1) is 12.8 Å². The molecule has 0 spiro atoms. The second kappa shape index (κ2) is 7.75. The van der Waals surface area contributed by atoms with Gasteiger partial charge in [0.2, 0.25) is 0 Å². The number of sulfonamides is 1. The Kier molecular flexibility index (Phi) is 6.64. The molecule has 7 heteroatoms. The number of hydrogen-bond acceptors (Lipinski definition) is 4. The summed E-state index contributed by atoms with van der Waals surface area (Å²) in [6, 6.07) is -0.0245. The van der Waals surface area contributed by atoms with Crippen molar-refractivity contribution in [3.8, 4) is 0 Å². The molecule has 0 bridgehead atoms. The number of aryl methyl sites for hydroxylation is 1. The van der Waals surface area contributed by atoms with Crippen LogP contribution in [-0.2, 0) is 21.2 Å². The summed E-state index contributed by atoms with van der Waals surface area (Å²) in [6.45, 7) is 6.65. The van der Waals surface area contributed by atoms with E-state index in [-0.39, 0.29) is 11.1 Å². The first-order chi connectivity index (χ1) is 9.51. The minimum Gasteiger partial charge on any atom is -0.383 e. The van der Waals surface area contributed by atoms with E-state index in [0.29, 0.717) is 25.4 Å². The van der Waals surface area contributed by atoms with E-state index >= 15 is 0 Å². The lowest BCUT2D eigenvalue weighted by atomic mass is 10.2. The van der Waals surface area contributed by atoms with Gasteiger partial charge in [0.1, 0.15) is 5.82 Å². The maximum Gasteiger partial charge on any atom is 0.260 e. The van der Waals surface area contributed by atoms with Gasteiger partial charge in [-0.2, -0.15) is 4.31 Å². The molecule has 20 heavy (non-hydrogen) atoms. The highest BCUT2D eigenvalue weighted by Crippen LogP contribution is 2.20. The van der Waals surface area contributed by atoms with Crippen molar-refractivity contribution in [2.45, 2.75) is 51.1 Å². The highest BCUT2D eigenvalue weighted by atomic mass is 32.2. The van der Waals surface area contributed by atoms with Crippen molar-refractivity contribution in [2.24, 2.45) is 0 Å². The SMILES string of the molecule is CCc1ncc(S(=O)(=O)N(CCOC)C(CC)CC)[nH]1. The predicted molar refractivity (Wildman–Crippen MR) is 78.1 cm³/mol. The van der Waals surface area contributed by atoms with Gasteiger partial charge in [-0.15, -0.1) is 0 Å². The number of rotatable bonds is 9. The second-order valence-corrected chi connectivity index (χ2v) is 6.49. The van der Waals surface area contributed by atoms with Gasteiger partial charge in [-0.25, -0.2) is 13.4 Å². The smallest absolute Gasteiger partial charge is 0.260 e. The van der Waals surface area contributed by atoms with Gasteiger partial charge in [-0.05, 0) is 12.8 Å². The van der Waals surface area contributed by atoms with E-state index in [1.807, 2.05) is 20.8 Å². The van der Waals surface area contributed by atoms with Crippen molar-refractivity contribution in [1.29, 1.82) is 0 Å². The zero-order chi connectivity index (χ0) is 15.2. The molecule has 0 amide bonds. The maximum atomic E-state index is 12.7. The fourth-order valence-corrected chi connectivity index (χ4v) is 3.85. The van der Waals surface area contributed by atoms with Gasteiger partial charge < -0.3 is 9.72 Å². The monoisotopic (exact) mass is 303 g/mol. The fraction of sp³-hybridized carbons (Fsp3) is 0.769. The van der Waals surface area contributed by atoms with E-state index in [2.05, 4.69) is 9.97 Å². The van der Waals surface area contributed by atoms with E-state index in [4.69, 9.17) is 4.74 Å². The Morgan fingerprint density at radius 1 is 1.35 bits per heavy atom. The number of ether oxygens (including phenoxy) is 1. The average molecular weight is 303 g/mol. The molecule has 1 rings (SSSR count). The summed E-state index contributed by atoms with van der Waals surface area (Å²) in [7, 11) is -1.98. The topological polar surface area (TPSA) is 75.3 Å². The molecule has 0 atom stereocenters. The molecule has 0 aliphatic heterocycles. The van der Waals surface area contributed by atoms with Crippen LogP contribution in [0.15, 0.2) is 11.2 Å². The molecule has 0 fully saturated rings. The molecule has 0 aliphatic carbocycles. The van der Waals surface area contributed by atoms with Crippen LogP contribution < -0.4 is 0 Å². The molecule has 0 saturated carbocycles.